The summed E-state index contributed by atoms with van der Waals surface area (Å²) in [6.07, 6.45) is 0.583. The van der Waals surface area contributed by atoms with Gasteiger partial charge >= 0.3 is 5.97 Å². The van der Waals surface area contributed by atoms with E-state index in [0.717, 1.165) is 0 Å². The maximum absolute atomic E-state index is 11.5. The highest BCUT2D eigenvalue weighted by atomic mass is 32.2. The Hall–Kier alpha value is -1.00. The van der Waals surface area contributed by atoms with Crippen LogP contribution in [0.15, 0.2) is 35.2 Å². The summed E-state index contributed by atoms with van der Waals surface area (Å²) in [5.74, 6) is -0.363. The van der Waals surface area contributed by atoms with Crippen molar-refractivity contribution < 1.29 is 9.53 Å². The standard InChI is InChI=1S/C13H19NO2S/c1-10(9-13(2,14)12(15)16-3)17-11-7-5-4-6-8-11/h4-8,10H,9,14H2,1-3H3. The molecule has 4 heteroatoms. The van der Waals surface area contributed by atoms with E-state index < -0.39 is 5.54 Å². The molecule has 0 saturated heterocycles. The molecular formula is C13H19NO2S. The van der Waals surface area contributed by atoms with Gasteiger partial charge in [-0.15, -0.1) is 11.8 Å². The molecule has 3 nitrogen and oxygen atoms in total. The Labute approximate surface area is 107 Å². The molecule has 0 radical (unpaired) electrons. The second-order valence-electron chi connectivity index (χ2n) is 4.35. The van der Waals surface area contributed by atoms with E-state index in [4.69, 9.17) is 10.5 Å². The minimum atomic E-state index is -0.921. The molecule has 0 fully saturated rings. The highest BCUT2D eigenvalue weighted by molar-refractivity contribution is 7.99. The van der Waals surface area contributed by atoms with Crippen molar-refractivity contribution in [3.05, 3.63) is 30.3 Å². The highest BCUT2D eigenvalue weighted by Gasteiger charge is 2.31. The van der Waals surface area contributed by atoms with Crippen LogP contribution in [-0.4, -0.2) is 23.9 Å². The van der Waals surface area contributed by atoms with Crippen molar-refractivity contribution in [3.8, 4) is 0 Å². The molecule has 0 aromatic heterocycles. The molecule has 1 rings (SSSR count). The van der Waals surface area contributed by atoms with Gasteiger partial charge in [0.1, 0.15) is 5.54 Å². The van der Waals surface area contributed by atoms with Crippen molar-refractivity contribution in [2.24, 2.45) is 5.73 Å². The average molecular weight is 253 g/mol. The largest absolute Gasteiger partial charge is 0.468 e. The van der Waals surface area contributed by atoms with Crippen LogP contribution in [0.4, 0.5) is 0 Å². The van der Waals surface area contributed by atoms with E-state index in [9.17, 15) is 4.79 Å². The Morgan fingerprint density at radius 3 is 2.59 bits per heavy atom. The number of methoxy groups -OCH3 is 1. The van der Waals surface area contributed by atoms with E-state index in [-0.39, 0.29) is 11.2 Å². The molecule has 94 valence electrons. The first-order valence-electron chi connectivity index (χ1n) is 5.54. The number of thioether (sulfide) groups is 1. The molecule has 0 aliphatic carbocycles. The van der Waals surface area contributed by atoms with Gasteiger partial charge in [0.2, 0.25) is 0 Å². The van der Waals surface area contributed by atoms with Crippen LogP contribution in [0.5, 0.6) is 0 Å². The average Bonchev–Trinajstić information content (AvgIpc) is 2.28. The van der Waals surface area contributed by atoms with Gasteiger partial charge in [-0.3, -0.25) is 4.79 Å². The van der Waals surface area contributed by atoms with Gasteiger partial charge in [-0.05, 0) is 25.5 Å². The molecule has 17 heavy (non-hydrogen) atoms. The fourth-order valence-corrected chi connectivity index (χ4v) is 2.90. The van der Waals surface area contributed by atoms with Crippen LogP contribution < -0.4 is 5.73 Å². The van der Waals surface area contributed by atoms with Crippen LogP contribution in [-0.2, 0) is 9.53 Å². The normalized spacial score (nSPS) is 16.0. The number of carbonyl (C=O) groups is 1. The van der Waals surface area contributed by atoms with Gasteiger partial charge in [-0.2, -0.15) is 0 Å². The lowest BCUT2D eigenvalue weighted by atomic mass is 9.98. The summed E-state index contributed by atoms with van der Waals surface area (Å²) in [4.78, 5) is 12.6. The van der Waals surface area contributed by atoms with Crippen LogP contribution in [0.25, 0.3) is 0 Å². The number of carbonyl (C=O) groups excluding carboxylic acids is 1. The molecule has 1 aromatic carbocycles. The van der Waals surface area contributed by atoms with Crippen molar-refractivity contribution in [2.45, 2.75) is 36.0 Å². The van der Waals surface area contributed by atoms with Crippen LogP contribution in [0, 0.1) is 0 Å². The maximum atomic E-state index is 11.5. The number of nitrogens with two attached hydrogens (primary N) is 1. The topological polar surface area (TPSA) is 52.3 Å². The molecule has 2 N–H and O–H groups in total. The van der Waals surface area contributed by atoms with E-state index in [1.54, 1.807) is 18.7 Å². The Kier molecular flexibility index (Phi) is 5.02. The predicted octanol–water partition coefficient (Wildman–Crippen LogP) is 2.45. The third-order valence-corrected chi connectivity index (χ3v) is 3.56. The van der Waals surface area contributed by atoms with E-state index >= 15 is 0 Å². The van der Waals surface area contributed by atoms with Crippen molar-refractivity contribution in [3.63, 3.8) is 0 Å². The predicted molar refractivity (Wildman–Crippen MR) is 71.0 cm³/mol. The minimum absolute atomic E-state index is 0.256. The smallest absolute Gasteiger partial charge is 0.325 e. The lowest BCUT2D eigenvalue weighted by molar-refractivity contribution is -0.146. The van der Waals surface area contributed by atoms with Crippen molar-refractivity contribution >= 4 is 17.7 Å². The van der Waals surface area contributed by atoms with Crippen molar-refractivity contribution in [2.75, 3.05) is 7.11 Å². The first kappa shape index (κ1) is 14.1. The maximum Gasteiger partial charge on any atom is 0.325 e. The Balaban J connectivity index is 2.55. The van der Waals surface area contributed by atoms with Gasteiger partial charge < -0.3 is 10.5 Å². The van der Waals surface area contributed by atoms with Crippen molar-refractivity contribution in [1.29, 1.82) is 0 Å². The highest BCUT2D eigenvalue weighted by Crippen LogP contribution is 2.28. The third-order valence-electron chi connectivity index (χ3n) is 2.44. The first-order valence-corrected chi connectivity index (χ1v) is 6.42. The number of benzene rings is 1. The summed E-state index contributed by atoms with van der Waals surface area (Å²) >= 11 is 1.71. The quantitative estimate of drug-likeness (QED) is 0.647. The summed E-state index contributed by atoms with van der Waals surface area (Å²) in [6, 6.07) is 10.1. The molecule has 0 aliphatic rings. The number of ether oxygens (including phenoxy) is 1. The monoisotopic (exact) mass is 253 g/mol. The van der Waals surface area contributed by atoms with Gasteiger partial charge in [-0.25, -0.2) is 0 Å². The zero-order chi connectivity index (χ0) is 12.9. The summed E-state index contributed by atoms with van der Waals surface area (Å²) in [6.45, 7) is 3.77. The van der Waals surface area contributed by atoms with E-state index in [1.807, 2.05) is 30.3 Å². The third kappa shape index (κ3) is 4.40. The first-order chi connectivity index (χ1) is 7.95. The summed E-state index contributed by atoms with van der Waals surface area (Å²) in [7, 11) is 1.36. The molecule has 0 amide bonds. The van der Waals surface area contributed by atoms with Gasteiger partial charge in [0.05, 0.1) is 7.11 Å². The number of hydrogen-bond donors (Lipinski definition) is 1. The van der Waals surface area contributed by atoms with E-state index in [1.165, 1.54) is 12.0 Å². The fraction of sp³-hybridized carbons (Fsp3) is 0.462. The second kappa shape index (κ2) is 6.07. The fourth-order valence-electron chi connectivity index (χ4n) is 1.69. The van der Waals surface area contributed by atoms with Crippen LogP contribution in [0.2, 0.25) is 0 Å². The molecule has 0 heterocycles. The van der Waals surface area contributed by atoms with Crippen LogP contribution in [0.1, 0.15) is 20.3 Å². The van der Waals surface area contributed by atoms with Gasteiger partial charge in [0.25, 0.3) is 0 Å². The van der Waals surface area contributed by atoms with Gasteiger partial charge in [0.15, 0.2) is 0 Å². The van der Waals surface area contributed by atoms with Gasteiger partial charge in [0, 0.05) is 10.1 Å². The summed E-state index contributed by atoms with van der Waals surface area (Å²) in [5, 5.41) is 0.256. The molecule has 0 aliphatic heterocycles. The zero-order valence-electron chi connectivity index (χ0n) is 10.5. The van der Waals surface area contributed by atoms with Crippen molar-refractivity contribution in [1.82, 2.24) is 0 Å². The molecule has 0 saturated carbocycles. The Bertz CT molecular complexity index is 365. The Morgan fingerprint density at radius 1 is 1.47 bits per heavy atom. The van der Waals surface area contributed by atoms with E-state index in [2.05, 4.69) is 6.92 Å². The van der Waals surface area contributed by atoms with E-state index in [0.29, 0.717) is 6.42 Å². The lowest BCUT2D eigenvalue weighted by Gasteiger charge is -2.24. The molecule has 0 spiro atoms. The van der Waals surface area contributed by atoms with Crippen LogP contribution >= 0.6 is 11.8 Å². The Morgan fingerprint density at radius 2 is 2.06 bits per heavy atom. The van der Waals surface area contributed by atoms with Gasteiger partial charge in [-0.1, -0.05) is 25.1 Å². The molecule has 2 atom stereocenters. The molecular weight excluding hydrogens is 234 g/mol. The summed E-state index contributed by atoms with van der Waals surface area (Å²) in [5.41, 5.74) is 5.02. The molecule has 0 bridgehead atoms. The number of hydrogen-bond acceptors (Lipinski definition) is 4. The molecule has 2 unspecified atom stereocenters. The van der Waals surface area contributed by atoms with Crippen LogP contribution in [0.3, 0.4) is 0 Å². The molecule has 1 aromatic rings. The minimum Gasteiger partial charge on any atom is -0.468 e. The summed E-state index contributed by atoms with van der Waals surface area (Å²) < 4.78 is 4.69. The SMILES string of the molecule is COC(=O)C(C)(N)CC(C)Sc1ccccc1. The number of rotatable bonds is 5. The lowest BCUT2D eigenvalue weighted by Crippen LogP contribution is -2.47. The number of esters is 1. The zero-order valence-corrected chi connectivity index (χ0v) is 11.3. The second-order valence-corrected chi connectivity index (χ2v) is 5.87.